The van der Waals surface area contributed by atoms with E-state index >= 15 is 0 Å². The van der Waals surface area contributed by atoms with Crippen LogP contribution in [0.2, 0.25) is 5.02 Å². The van der Waals surface area contributed by atoms with Crippen LogP contribution >= 0.6 is 11.6 Å². The first-order valence-corrected chi connectivity index (χ1v) is 10.7. The lowest BCUT2D eigenvalue weighted by Crippen LogP contribution is -2.41. The highest BCUT2D eigenvalue weighted by molar-refractivity contribution is 6.31. The Hall–Kier alpha value is -1.52. The predicted molar refractivity (Wildman–Crippen MR) is 109 cm³/mol. The Morgan fingerprint density at radius 2 is 2.15 bits per heavy atom. The molecule has 4 nitrogen and oxygen atoms in total. The maximum Gasteiger partial charge on any atom is 0.255 e. The second-order valence-electron chi connectivity index (χ2n) is 7.98. The summed E-state index contributed by atoms with van der Waals surface area (Å²) in [6, 6.07) is 4.08. The van der Waals surface area contributed by atoms with E-state index in [1.807, 2.05) is 6.07 Å². The van der Waals surface area contributed by atoms with E-state index in [4.69, 9.17) is 16.3 Å². The van der Waals surface area contributed by atoms with Gasteiger partial charge in [-0.1, -0.05) is 23.3 Å². The molecule has 1 aromatic rings. The molecule has 0 radical (unpaired) electrons. The summed E-state index contributed by atoms with van der Waals surface area (Å²) in [6.45, 7) is 3.55. The van der Waals surface area contributed by atoms with Crippen molar-refractivity contribution in [1.82, 2.24) is 10.2 Å². The first-order chi connectivity index (χ1) is 13.2. The summed E-state index contributed by atoms with van der Waals surface area (Å²) >= 11 is 6.23. The molecule has 1 N–H and O–H groups in total. The minimum atomic E-state index is -0.0700. The molecule has 1 atom stereocenters. The molecule has 27 heavy (non-hydrogen) atoms. The molecule has 2 aliphatic heterocycles. The number of likely N-dealkylation sites (tertiary alicyclic amines) is 1. The van der Waals surface area contributed by atoms with Gasteiger partial charge in [0.1, 0.15) is 5.75 Å². The maximum atomic E-state index is 12.8. The van der Waals surface area contributed by atoms with Crippen LogP contribution in [0.5, 0.6) is 5.75 Å². The fourth-order valence-corrected chi connectivity index (χ4v) is 4.80. The standard InChI is InChI=1S/C22H29ClN2O2/c23-18-12-17-8-5-11-27-21(17)20(13-18)22(26)24-14-19-9-4-10-25(19)15-16-6-2-1-3-7-16/h6,12-13,19H,1-5,7-11,14-15H2,(H,24,26). The molecule has 0 spiro atoms. The molecule has 3 aliphatic rings. The Bertz CT molecular complexity index is 731. The second-order valence-corrected chi connectivity index (χ2v) is 8.41. The van der Waals surface area contributed by atoms with Crippen molar-refractivity contribution in [3.8, 4) is 5.75 Å². The van der Waals surface area contributed by atoms with E-state index in [0.717, 1.165) is 43.7 Å². The average molecular weight is 389 g/mol. The van der Waals surface area contributed by atoms with E-state index in [0.29, 0.717) is 29.8 Å². The number of carbonyl (C=O) groups excluding carboxylic acids is 1. The largest absolute Gasteiger partial charge is 0.492 e. The zero-order valence-corrected chi connectivity index (χ0v) is 16.7. The number of nitrogens with zero attached hydrogens (tertiary/aromatic N) is 1. The molecular weight excluding hydrogens is 360 g/mol. The van der Waals surface area contributed by atoms with Crippen molar-refractivity contribution in [1.29, 1.82) is 0 Å². The minimum absolute atomic E-state index is 0.0700. The molecule has 1 aromatic carbocycles. The Morgan fingerprint density at radius 3 is 3.00 bits per heavy atom. The predicted octanol–water partition coefficient (Wildman–Crippen LogP) is 4.36. The van der Waals surface area contributed by atoms with Crippen molar-refractivity contribution >= 4 is 17.5 Å². The van der Waals surface area contributed by atoms with Crippen molar-refractivity contribution in [3.05, 3.63) is 39.9 Å². The van der Waals surface area contributed by atoms with Crippen LogP contribution in [0.15, 0.2) is 23.8 Å². The van der Waals surface area contributed by atoms with Gasteiger partial charge in [0.05, 0.1) is 12.2 Å². The third kappa shape index (κ3) is 4.49. The molecule has 4 rings (SSSR count). The Balaban J connectivity index is 1.39. The lowest BCUT2D eigenvalue weighted by molar-refractivity contribution is 0.0936. The van der Waals surface area contributed by atoms with Gasteiger partial charge in [0.2, 0.25) is 0 Å². The summed E-state index contributed by atoms with van der Waals surface area (Å²) in [5, 5.41) is 3.75. The first-order valence-electron chi connectivity index (χ1n) is 10.4. The van der Waals surface area contributed by atoms with Gasteiger partial charge in [-0.05, 0) is 75.6 Å². The fourth-order valence-electron chi connectivity index (χ4n) is 4.56. The van der Waals surface area contributed by atoms with Crippen molar-refractivity contribution < 1.29 is 9.53 Å². The summed E-state index contributed by atoms with van der Waals surface area (Å²) in [5.74, 6) is 0.651. The maximum absolute atomic E-state index is 12.8. The molecular formula is C22H29ClN2O2. The number of hydrogen-bond donors (Lipinski definition) is 1. The van der Waals surface area contributed by atoms with Gasteiger partial charge in [0.25, 0.3) is 5.91 Å². The molecule has 146 valence electrons. The molecule has 0 aromatic heterocycles. The number of ether oxygens (including phenoxy) is 1. The number of allylic oxidation sites excluding steroid dienone is 1. The minimum Gasteiger partial charge on any atom is -0.492 e. The number of rotatable bonds is 5. The summed E-state index contributed by atoms with van der Waals surface area (Å²) in [4.78, 5) is 15.4. The van der Waals surface area contributed by atoms with Gasteiger partial charge >= 0.3 is 0 Å². The van der Waals surface area contributed by atoms with Crippen molar-refractivity contribution in [2.75, 3.05) is 26.2 Å². The number of hydrogen-bond acceptors (Lipinski definition) is 3. The van der Waals surface area contributed by atoms with E-state index in [9.17, 15) is 4.79 Å². The van der Waals surface area contributed by atoms with Crippen LogP contribution in [0.3, 0.4) is 0 Å². The average Bonchev–Trinajstić information content (AvgIpc) is 3.13. The Kier molecular flexibility index (Phi) is 6.04. The molecule has 1 unspecified atom stereocenters. The number of benzene rings is 1. The van der Waals surface area contributed by atoms with Gasteiger partial charge < -0.3 is 10.1 Å². The molecule has 1 aliphatic carbocycles. The fraction of sp³-hybridized carbons (Fsp3) is 0.591. The van der Waals surface area contributed by atoms with Gasteiger partial charge in [-0.15, -0.1) is 0 Å². The van der Waals surface area contributed by atoms with E-state index < -0.39 is 0 Å². The van der Waals surface area contributed by atoms with Crippen molar-refractivity contribution in [2.24, 2.45) is 0 Å². The molecule has 2 heterocycles. The second kappa shape index (κ2) is 8.66. The Labute approximate surface area is 166 Å². The number of carbonyl (C=O) groups is 1. The molecule has 1 amide bonds. The van der Waals surface area contributed by atoms with Crippen LogP contribution < -0.4 is 10.1 Å². The highest BCUT2D eigenvalue weighted by Crippen LogP contribution is 2.32. The van der Waals surface area contributed by atoms with E-state index in [1.165, 1.54) is 32.1 Å². The highest BCUT2D eigenvalue weighted by atomic mass is 35.5. The first kappa shape index (κ1) is 18.8. The number of fused-ring (bicyclic) bond motifs is 1. The number of halogens is 1. The van der Waals surface area contributed by atoms with Crippen LogP contribution in [0, 0.1) is 0 Å². The van der Waals surface area contributed by atoms with Gasteiger partial charge in [-0.25, -0.2) is 0 Å². The normalized spacial score (nSPS) is 22.7. The smallest absolute Gasteiger partial charge is 0.255 e. The quantitative estimate of drug-likeness (QED) is 0.762. The summed E-state index contributed by atoms with van der Waals surface area (Å²) < 4.78 is 5.79. The van der Waals surface area contributed by atoms with E-state index in [2.05, 4.69) is 16.3 Å². The van der Waals surface area contributed by atoms with Crippen LogP contribution in [-0.4, -0.2) is 43.1 Å². The van der Waals surface area contributed by atoms with Gasteiger partial charge in [-0.2, -0.15) is 0 Å². The van der Waals surface area contributed by atoms with Crippen LogP contribution in [0.25, 0.3) is 0 Å². The third-order valence-electron chi connectivity index (χ3n) is 6.00. The van der Waals surface area contributed by atoms with Gasteiger partial charge in [-0.3, -0.25) is 9.69 Å². The van der Waals surface area contributed by atoms with E-state index in [-0.39, 0.29) is 5.91 Å². The van der Waals surface area contributed by atoms with Gasteiger partial charge in [0, 0.05) is 24.2 Å². The van der Waals surface area contributed by atoms with Crippen LogP contribution in [-0.2, 0) is 6.42 Å². The summed E-state index contributed by atoms with van der Waals surface area (Å²) in [6.07, 6.45) is 11.8. The number of amides is 1. The van der Waals surface area contributed by atoms with Crippen LogP contribution in [0.1, 0.15) is 60.9 Å². The molecule has 1 saturated heterocycles. The summed E-state index contributed by atoms with van der Waals surface area (Å²) in [7, 11) is 0. The summed E-state index contributed by atoms with van der Waals surface area (Å²) in [5.41, 5.74) is 3.21. The van der Waals surface area contributed by atoms with Gasteiger partial charge in [0.15, 0.2) is 0 Å². The molecule has 0 bridgehead atoms. The number of aryl methyl sites for hydroxylation is 1. The van der Waals surface area contributed by atoms with Crippen LogP contribution in [0.4, 0.5) is 0 Å². The SMILES string of the molecule is O=C(NCC1CCCN1CC1=CCCCC1)c1cc(Cl)cc2c1OCCC2. The topological polar surface area (TPSA) is 41.6 Å². The zero-order chi connectivity index (χ0) is 18.6. The number of nitrogens with one attached hydrogen (secondary N) is 1. The lowest BCUT2D eigenvalue weighted by atomic mass is 9.99. The zero-order valence-electron chi connectivity index (χ0n) is 15.9. The Morgan fingerprint density at radius 1 is 1.22 bits per heavy atom. The monoisotopic (exact) mass is 388 g/mol. The molecule has 1 fully saturated rings. The highest BCUT2D eigenvalue weighted by Gasteiger charge is 2.27. The molecule has 0 saturated carbocycles. The van der Waals surface area contributed by atoms with Crippen molar-refractivity contribution in [3.63, 3.8) is 0 Å². The molecule has 5 heteroatoms. The lowest BCUT2D eigenvalue weighted by Gasteiger charge is -2.27. The van der Waals surface area contributed by atoms with Crippen molar-refractivity contribution in [2.45, 2.75) is 57.4 Å². The van der Waals surface area contributed by atoms with E-state index in [1.54, 1.807) is 11.6 Å². The third-order valence-corrected chi connectivity index (χ3v) is 6.22.